The molecule has 1 aliphatic carbocycles. The molecule has 0 aromatic carbocycles. The van der Waals surface area contributed by atoms with Gasteiger partial charge in [-0.3, -0.25) is 0 Å². The van der Waals surface area contributed by atoms with Gasteiger partial charge in [0.2, 0.25) is 0 Å². The van der Waals surface area contributed by atoms with Gasteiger partial charge in [0.1, 0.15) is 0 Å². The summed E-state index contributed by atoms with van der Waals surface area (Å²) in [7, 11) is 0. The van der Waals surface area contributed by atoms with Gasteiger partial charge in [0, 0.05) is 30.4 Å². The second-order valence-corrected chi connectivity index (χ2v) is 3.11. The second-order valence-electron chi connectivity index (χ2n) is 3.11. The van der Waals surface area contributed by atoms with E-state index in [-0.39, 0.29) is 0 Å². The Morgan fingerprint density at radius 1 is 1.82 bits per heavy atom. The fraction of sp³-hybridized carbons (Fsp3) is 0.625. The lowest BCUT2D eigenvalue weighted by molar-refractivity contribution is 0.708. The van der Waals surface area contributed by atoms with Gasteiger partial charge >= 0.3 is 0 Å². The van der Waals surface area contributed by atoms with Crippen molar-refractivity contribution in [2.45, 2.75) is 31.8 Å². The maximum absolute atomic E-state index is 5.74. The van der Waals surface area contributed by atoms with Gasteiger partial charge in [-0.05, 0) is 13.3 Å². The summed E-state index contributed by atoms with van der Waals surface area (Å²) in [5.41, 5.74) is 7.05. The Morgan fingerprint density at radius 3 is 3.09 bits per heavy atom. The normalized spacial score (nSPS) is 28.9. The number of rotatable bonds is 2. The number of imidazole rings is 1. The SMILES string of the molecule is CCn1cncc1C1CC1N. The Labute approximate surface area is 66.2 Å². The lowest BCUT2D eigenvalue weighted by Gasteiger charge is -2.01. The summed E-state index contributed by atoms with van der Waals surface area (Å²) >= 11 is 0. The van der Waals surface area contributed by atoms with Crippen LogP contribution in [0.4, 0.5) is 0 Å². The molecule has 1 fully saturated rings. The van der Waals surface area contributed by atoms with Crippen LogP contribution in [-0.2, 0) is 6.54 Å². The molecule has 2 rings (SSSR count). The lowest BCUT2D eigenvalue weighted by atomic mass is 10.3. The fourth-order valence-electron chi connectivity index (χ4n) is 1.46. The van der Waals surface area contributed by atoms with Gasteiger partial charge in [-0.15, -0.1) is 0 Å². The fourth-order valence-corrected chi connectivity index (χ4v) is 1.46. The monoisotopic (exact) mass is 151 g/mol. The highest BCUT2D eigenvalue weighted by atomic mass is 15.1. The summed E-state index contributed by atoms with van der Waals surface area (Å²) in [6.45, 7) is 3.12. The number of aryl methyl sites for hydroxylation is 1. The Balaban J connectivity index is 2.23. The molecular formula is C8H13N3. The van der Waals surface area contributed by atoms with Crippen LogP contribution in [0.2, 0.25) is 0 Å². The summed E-state index contributed by atoms with van der Waals surface area (Å²) in [4.78, 5) is 4.10. The van der Waals surface area contributed by atoms with Crippen LogP contribution in [-0.4, -0.2) is 15.6 Å². The average Bonchev–Trinajstić information content (AvgIpc) is 2.58. The van der Waals surface area contributed by atoms with Crippen LogP contribution in [0.25, 0.3) is 0 Å². The van der Waals surface area contributed by atoms with Crippen LogP contribution in [0, 0.1) is 0 Å². The molecule has 2 unspecified atom stereocenters. The predicted octanol–water partition coefficient (Wildman–Crippen LogP) is 0.718. The van der Waals surface area contributed by atoms with Gasteiger partial charge in [-0.2, -0.15) is 0 Å². The average molecular weight is 151 g/mol. The molecule has 0 saturated heterocycles. The first-order chi connectivity index (χ1) is 5.33. The summed E-state index contributed by atoms with van der Waals surface area (Å²) in [6.07, 6.45) is 4.94. The standard InChI is InChI=1S/C8H13N3/c1-2-11-5-10-4-8(11)6-3-7(6)9/h4-7H,2-3,9H2,1H3. The van der Waals surface area contributed by atoms with E-state index in [1.54, 1.807) is 0 Å². The molecule has 2 atom stereocenters. The van der Waals surface area contributed by atoms with Crippen LogP contribution in [0.5, 0.6) is 0 Å². The molecule has 60 valence electrons. The van der Waals surface area contributed by atoms with Crippen molar-refractivity contribution in [3.8, 4) is 0 Å². The minimum absolute atomic E-state index is 0.386. The van der Waals surface area contributed by atoms with E-state index in [0.29, 0.717) is 12.0 Å². The van der Waals surface area contributed by atoms with E-state index in [0.717, 1.165) is 13.0 Å². The zero-order valence-corrected chi connectivity index (χ0v) is 6.70. The van der Waals surface area contributed by atoms with E-state index in [4.69, 9.17) is 5.73 Å². The topological polar surface area (TPSA) is 43.8 Å². The van der Waals surface area contributed by atoms with Crippen molar-refractivity contribution < 1.29 is 0 Å². The third kappa shape index (κ3) is 1.05. The number of hydrogen-bond donors (Lipinski definition) is 1. The number of nitrogens with zero attached hydrogens (tertiary/aromatic N) is 2. The molecule has 1 saturated carbocycles. The minimum Gasteiger partial charge on any atom is -0.335 e. The van der Waals surface area contributed by atoms with Crippen LogP contribution in [0.3, 0.4) is 0 Å². The molecule has 1 heterocycles. The van der Waals surface area contributed by atoms with Gasteiger partial charge < -0.3 is 10.3 Å². The smallest absolute Gasteiger partial charge is 0.0948 e. The maximum Gasteiger partial charge on any atom is 0.0948 e. The molecule has 1 aromatic heterocycles. The highest BCUT2D eigenvalue weighted by Gasteiger charge is 2.36. The summed E-state index contributed by atoms with van der Waals surface area (Å²) in [6, 6.07) is 0.386. The van der Waals surface area contributed by atoms with E-state index in [2.05, 4.69) is 16.5 Å². The summed E-state index contributed by atoms with van der Waals surface area (Å²) < 4.78 is 2.16. The van der Waals surface area contributed by atoms with E-state index in [1.807, 2.05) is 12.5 Å². The predicted molar refractivity (Wildman–Crippen MR) is 43.2 cm³/mol. The van der Waals surface area contributed by atoms with Crippen molar-refractivity contribution in [2.75, 3.05) is 0 Å². The first kappa shape index (κ1) is 6.85. The number of aromatic nitrogens is 2. The van der Waals surface area contributed by atoms with Gasteiger partial charge in [0.05, 0.1) is 6.33 Å². The number of hydrogen-bond acceptors (Lipinski definition) is 2. The van der Waals surface area contributed by atoms with Gasteiger partial charge in [-0.1, -0.05) is 0 Å². The Bertz CT molecular complexity index is 254. The molecule has 1 aromatic rings. The summed E-state index contributed by atoms with van der Waals surface area (Å²) in [5, 5.41) is 0. The Kier molecular flexibility index (Phi) is 1.46. The highest BCUT2D eigenvalue weighted by molar-refractivity contribution is 5.18. The molecule has 3 heteroatoms. The van der Waals surface area contributed by atoms with E-state index in [9.17, 15) is 0 Å². The highest BCUT2D eigenvalue weighted by Crippen LogP contribution is 2.38. The van der Waals surface area contributed by atoms with Gasteiger partial charge in [0.15, 0.2) is 0 Å². The van der Waals surface area contributed by atoms with E-state index < -0.39 is 0 Å². The van der Waals surface area contributed by atoms with Crippen molar-refractivity contribution in [1.29, 1.82) is 0 Å². The van der Waals surface area contributed by atoms with Crippen molar-refractivity contribution in [3.05, 3.63) is 18.2 Å². The third-order valence-corrected chi connectivity index (χ3v) is 2.30. The van der Waals surface area contributed by atoms with Crippen LogP contribution in [0.1, 0.15) is 25.0 Å². The molecule has 0 bridgehead atoms. The zero-order valence-electron chi connectivity index (χ0n) is 6.70. The molecular weight excluding hydrogens is 138 g/mol. The van der Waals surface area contributed by atoms with Crippen molar-refractivity contribution in [1.82, 2.24) is 9.55 Å². The summed E-state index contributed by atoms with van der Waals surface area (Å²) in [5.74, 6) is 0.581. The van der Waals surface area contributed by atoms with Gasteiger partial charge in [0.25, 0.3) is 0 Å². The molecule has 0 radical (unpaired) electrons. The van der Waals surface area contributed by atoms with Crippen LogP contribution >= 0.6 is 0 Å². The second kappa shape index (κ2) is 2.34. The lowest BCUT2D eigenvalue weighted by Crippen LogP contribution is -2.04. The van der Waals surface area contributed by atoms with Crippen molar-refractivity contribution >= 4 is 0 Å². The Morgan fingerprint density at radius 2 is 2.55 bits per heavy atom. The molecule has 11 heavy (non-hydrogen) atoms. The quantitative estimate of drug-likeness (QED) is 0.676. The molecule has 1 aliphatic rings. The van der Waals surface area contributed by atoms with Crippen LogP contribution in [0.15, 0.2) is 12.5 Å². The number of nitrogens with two attached hydrogens (primary N) is 1. The first-order valence-corrected chi connectivity index (χ1v) is 4.08. The van der Waals surface area contributed by atoms with Gasteiger partial charge in [-0.25, -0.2) is 4.98 Å². The van der Waals surface area contributed by atoms with Crippen molar-refractivity contribution in [3.63, 3.8) is 0 Å². The van der Waals surface area contributed by atoms with Crippen LogP contribution < -0.4 is 5.73 Å². The molecule has 3 nitrogen and oxygen atoms in total. The Hall–Kier alpha value is -0.830. The minimum atomic E-state index is 0.386. The third-order valence-electron chi connectivity index (χ3n) is 2.30. The zero-order chi connectivity index (χ0) is 7.84. The molecule has 2 N–H and O–H groups in total. The molecule has 0 amide bonds. The molecule has 0 aliphatic heterocycles. The molecule has 0 spiro atoms. The van der Waals surface area contributed by atoms with E-state index >= 15 is 0 Å². The van der Waals surface area contributed by atoms with Crippen molar-refractivity contribution in [2.24, 2.45) is 5.73 Å². The maximum atomic E-state index is 5.74. The largest absolute Gasteiger partial charge is 0.335 e. The van der Waals surface area contributed by atoms with E-state index in [1.165, 1.54) is 5.69 Å². The first-order valence-electron chi connectivity index (χ1n) is 4.08.